The number of carbonyl (C=O) groups is 2. The number of nitrogens with one attached hydrogen (secondary N) is 2. The lowest BCUT2D eigenvalue weighted by molar-refractivity contribution is 0.0946. The Kier molecular flexibility index (Phi) is 6.01. The zero-order valence-corrected chi connectivity index (χ0v) is 19.4. The zero-order chi connectivity index (χ0) is 23.7. The molecule has 0 saturated carbocycles. The van der Waals surface area contributed by atoms with E-state index in [0.29, 0.717) is 31.2 Å². The fourth-order valence-corrected chi connectivity index (χ4v) is 5.23. The number of urea groups is 1. The molecule has 2 aliphatic rings. The minimum Gasteiger partial charge on any atom is -0.497 e. The van der Waals surface area contributed by atoms with Crippen LogP contribution < -0.4 is 20.9 Å². The van der Waals surface area contributed by atoms with E-state index < -0.39 is 5.91 Å². The number of hydrogen-bond donors (Lipinski definition) is 2. The van der Waals surface area contributed by atoms with Gasteiger partial charge in [-0.25, -0.2) is 4.79 Å². The maximum absolute atomic E-state index is 13.0. The summed E-state index contributed by atoms with van der Waals surface area (Å²) in [6.45, 7) is 1.98. The van der Waals surface area contributed by atoms with Crippen LogP contribution >= 0.6 is 11.5 Å². The van der Waals surface area contributed by atoms with E-state index >= 15 is 0 Å². The molecule has 0 unspecified atom stereocenters. The third kappa shape index (κ3) is 4.38. The van der Waals surface area contributed by atoms with Crippen LogP contribution in [0.5, 0.6) is 5.75 Å². The first-order valence-electron chi connectivity index (χ1n) is 11.0. The van der Waals surface area contributed by atoms with Gasteiger partial charge >= 0.3 is 6.03 Å². The Labute approximate surface area is 199 Å². The molecule has 10 nitrogen and oxygen atoms in total. The highest BCUT2D eigenvalue weighted by molar-refractivity contribution is 7.10. The molecule has 3 amide bonds. The largest absolute Gasteiger partial charge is 0.497 e. The van der Waals surface area contributed by atoms with Crippen LogP contribution in [0.1, 0.15) is 34.1 Å². The molecule has 2 N–H and O–H groups in total. The molecule has 4 heterocycles. The number of benzene rings is 1. The molecule has 2 bridgehead atoms. The number of hydrogen-bond acceptors (Lipinski definition) is 7. The maximum Gasteiger partial charge on any atom is 0.322 e. The Hall–Kier alpha value is -3.73. The first-order chi connectivity index (χ1) is 16.5. The summed E-state index contributed by atoms with van der Waals surface area (Å²) < 4.78 is 10.8. The van der Waals surface area contributed by atoms with E-state index in [9.17, 15) is 14.4 Å². The number of likely N-dealkylation sites (tertiary alicyclic amines) is 1. The maximum atomic E-state index is 13.0. The van der Waals surface area contributed by atoms with Gasteiger partial charge in [0.2, 0.25) is 0 Å². The molecular weight excluding hydrogens is 456 g/mol. The van der Waals surface area contributed by atoms with Crippen LogP contribution in [-0.2, 0) is 13.1 Å². The molecule has 0 spiro atoms. The van der Waals surface area contributed by atoms with Crippen molar-refractivity contribution in [3.8, 4) is 5.75 Å². The highest BCUT2D eigenvalue weighted by atomic mass is 32.1. The average Bonchev–Trinajstić information content (AvgIpc) is 3.31. The number of ether oxygens (including phenoxy) is 1. The lowest BCUT2D eigenvalue weighted by atomic mass is 9.83. The third-order valence-electron chi connectivity index (χ3n) is 6.30. The van der Waals surface area contributed by atoms with Crippen molar-refractivity contribution < 1.29 is 14.3 Å². The van der Waals surface area contributed by atoms with Gasteiger partial charge in [-0.3, -0.25) is 14.9 Å². The number of carbonyl (C=O) groups excluding carboxylic acids is 2. The van der Waals surface area contributed by atoms with E-state index in [2.05, 4.69) is 20.2 Å². The number of nitrogens with zero attached hydrogens (tertiary/aromatic N) is 4. The van der Waals surface area contributed by atoms with Crippen LogP contribution in [0.2, 0.25) is 0 Å². The van der Waals surface area contributed by atoms with E-state index in [1.165, 1.54) is 0 Å². The Morgan fingerprint density at radius 3 is 2.76 bits per heavy atom. The third-order valence-corrected chi connectivity index (χ3v) is 6.94. The van der Waals surface area contributed by atoms with E-state index in [-0.39, 0.29) is 29.1 Å². The molecule has 34 heavy (non-hydrogen) atoms. The summed E-state index contributed by atoms with van der Waals surface area (Å²) in [5.74, 6) is 0.646. The Morgan fingerprint density at radius 2 is 1.97 bits per heavy atom. The Bertz CT molecular complexity index is 1270. The van der Waals surface area contributed by atoms with Gasteiger partial charge in [-0.2, -0.15) is 0 Å². The van der Waals surface area contributed by atoms with Gasteiger partial charge in [0.25, 0.3) is 11.5 Å². The van der Waals surface area contributed by atoms with Gasteiger partial charge in [0, 0.05) is 55.4 Å². The summed E-state index contributed by atoms with van der Waals surface area (Å²) in [6.07, 6.45) is 0.953. The molecule has 2 aromatic heterocycles. The van der Waals surface area contributed by atoms with E-state index in [1.807, 2.05) is 34.9 Å². The van der Waals surface area contributed by atoms with Crippen LogP contribution in [0.3, 0.4) is 0 Å². The van der Waals surface area contributed by atoms with Crippen molar-refractivity contribution in [1.82, 2.24) is 24.4 Å². The number of methoxy groups -OCH3 is 1. The molecule has 1 aromatic carbocycles. The second-order valence-corrected chi connectivity index (χ2v) is 9.27. The van der Waals surface area contributed by atoms with Gasteiger partial charge in [0.05, 0.1) is 7.11 Å². The summed E-state index contributed by atoms with van der Waals surface area (Å²) in [5, 5.41) is 9.85. The van der Waals surface area contributed by atoms with Crippen LogP contribution in [0.4, 0.5) is 9.80 Å². The summed E-state index contributed by atoms with van der Waals surface area (Å²) in [6, 6.07) is 12.4. The predicted molar refractivity (Wildman–Crippen MR) is 126 cm³/mol. The fourth-order valence-electron chi connectivity index (χ4n) is 4.67. The fraction of sp³-hybridized carbons (Fsp3) is 0.348. The monoisotopic (exact) mass is 480 g/mol. The number of fused-ring (bicyclic) bond motifs is 4. The predicted octanol–water partition coefficient (Wildman–Crippen LogP) is 2.29. The van der Waals surface area contributed by atoms with Gasteiger partial charge in [-0.1, -0.05) is 22.7 Å². The van der Waals surface area contributed by atoms with Crippen LogP contribution in [-0.4, -0.2) is 51.2 Å². The van der Waals surface area contributed by atoms with Crippen molar-refractivity contribution in [2.45, 2.75) is 25.4 Å². The molecule has 1 saturated heterocycles. The van der Waals surface area contributed by atoms with E-state index in [4.69, 9.17) is 4.74 Å². The summed E-state index contributed by atoms with van der Waals surface area (Å²) in [5.41, 5.74) is 1.97. The Balaban J connectivity index is 1.23. The molecule has 3 aromatic rings. The van der Waals surface area contributed by atoms with Crippen LogP contribution in [0.25, 0.3) is 0 Å². The number of aromatic nitrogens is 3. The first-order valence-corrected chi connectivity index (χ1v) is 11.8. The minimum absolute atomic E-state index is 0.00568. The smallest absolute Gasteiger partial charge is 0.322 e. The molecule has 11 heteroatoms. The second-order valence-electron chi connectivity index (χ2n) is 8.51. The molecular formula is C23H24N6O4S. The van der Waals surface area contributed by atoms with Gasteiger partial charge in [0.15, 0.2) is 10.7 Å². The summed E-state index contributed by atoms with van der Waals surface area (Å²) >= 11 is 0.966. The number of anilines is 1. The molecule has 5 rings (SSSR count). The summed E-state index contributed by atoms with van der Waals surface area (Å²) in [7, 11) is 1.60. The zero-order valence-electron chi connectivity index (χ0n) is 18.6. The van der Waals surface area contributed by atoms with Gasteiger partial charge in [-0.15, -0.1) is 5.10 Å². The molecule has 1 fully saturated rings. The number of rotatable bonds is 5. The second kappa shape index (κ2) is 9.26. The van der Waals surface area contributed by atoms with Crippen molar-refractivity contribution in [1.29, 1.82) is 0 Å². The van der Waals surface area contributed by atoms with Crippen molar-refractivity contribution >= 4 is 28.5 Å². The number of amides is 3. The first kappa shape index (κ1) is 22.1. The van der Waals surface area contributed by atoms with Crippen molar-refractivity contribution in [2.75, 3.05) is 25.5 Å². The van der Waals surface area contributed by atoms with E-state index in [1.54, 1.807) is 24.1 Å². The summed E-state index contributed by atoms with van der Waals surface area (Å²) in [4.78, 5) is 39.7. The lowest BCUT2D eigenvalue weighted by Crippen LogP contribution is -2.50. The minimum atomic E-state index is -0.413. The molecule has 2 aliphatic heterocycles. The Morgan fingerprint density at radius 1 is 1.15 bits per heavy atom. The lowest BCUT2D eigenvalue weighted by Gasteiger charge is -2.42. The average molecular weight is 481 g/mol. The van der Waals surface area contributed by atoms with Crippen molar-refractivity contribution in [3.63, 3.8) is 0 Å². The number of pyridine rings is 1. The molecule has 176 valence electrons. The highest BCUT2D eigenvalue weighted by Crippen LogP contribution is 2.35. The standard InChI is InChI=1S/C23H24N6O4S/c1-33-17-7-5-14(6-8-17)10-24-21(31)20-22(34-27-26-20)25-23(32)28-11-15-9-16(13-28)18-3-2-4-19(30)29(18)12-15/h2-8,15-16H,9-13H2,1H3,(H,24,31)(H,25,32)/t15-,16+/m1/s1. The topological polar surface area (TPSA) is 118 Å². The highest BCUT2D eigenvalue weighted by Gasteiger charge is 2.36. The number of piperidine rings is 1. The normalized spacial score (nSPS) is 18.7. The van der Waals surface area contributed by atoms with Crippen molar-refractivity contribution in [2.24, 2.45) is 5.92 Å². The van der Waals surface area contributed by atoms with Crippen LogP contribution in [0, 0.1) is 5.92 Å². The van der Waals surface area contributed by atoms with E-state index in [0.717, 1.165) is 35.0 Å². The quantitative estimate of drug-likeness (QED) is 0.579. The van der Waals surface area contributed by atoms with Crippen LogP contribution in [0.15, 0.2) is 47.3 Å². The van der Waals surface area contributed by atoms with Gasteiger partial charge < -0.3 is 19.5 Å². The molecule has 0 radical (unpaired) electrons. The SMILES string of the molecule is COc1ccc(CNC(=O)c2nnsc2NC(=O)N2C[C@H]3C[C@@H](C2)c2cccc(=O)n2C3)cc1. The molecule has 2 atom stereocenters. The van der Waals surface area contributed by atoms with Crippen molar-refractivity contribution in [3.05, 3.63) is 69.8 Å². The van der Waals surface area contributed by atoms with Gasteiger partial charge in [-0.05, 0) is 36.1 Å². The van der Waals surface area contributed by atoms with Gasteiger partial charge in [0.1, 0.15) is 5.75 Å². The molecule has 0 aliphatic carbocycles.